The van der Waals surface area contributed by atoms with Gasteiger partial charge in [0.15, 0.2) is 0 Å². The van der Waals surface area contributed by atoms with Gasteiger partial charge in [-0.05, 0) is 107 Å². The summed E-state index contributed by atoms with van der Waals surface area (Å²) in [6.45, 7) is 23.7. The molecule has 0 spiro atoms. The first-order valence-electron chi connectivity index (χ1n) is 19.3. The summed E-state index contributed by atoms with van der Waals surface area (Å²) in [6, 6.07) is -0.347. The Kier molecular flexibility index (Phi) is 9.84. The first kappa shape index (κ1) is 38.9. The van der Waals surface area contributed by atoms with Crippen molar-refractivity contribution >= 4 is 27.9 Å². The molecule has 3 saturated carbocycles. The molecule has 12 atom stereocenters. The SMILES string of the molecule is COC(=O)c1nc(Br)nn1[C@@H]1C[C@@]23COC[C@](C)([C@@H]2CC[C@H]2C3=CC[C@@]3(C)[C@H](C(=O)O)[C@@](C)([C@H](C)C(C)C)CC[C@]23C)[C@H]1OC[C@](C)(N)C(C)C. The van der Waals surface area contributed by atoms with Crippen LogP contribution in [0.1, 0.15) is 124 Å². The van der Waals surface area contributed by atoms with Gasteiger partial charge in [0, 0.05) is 16.4 Å². The summed E-state index contributed by atoms with van der Waals surface area (Å²) < 4.78 is 21.0. The van der Waals surface area contributed by atoms with Gasteiger partial charge in [-0.3, -0.25) is 4.79 Å². The van der Waals surface area contributed by atoms with E-state index in [9.17, 15) is 14.7 Å². The van der Waals surface area contributed by atoms with Crippen molar-refractivity contribution < 1.29 is 28.9 Å². The number of rotatable bonds is 9. The van der Waals surface area contributed by atoms with E-state index in [1.165, 1.54) is 12.7 Å². The molecule has 10 nitrogen and oxygen atoms in total. The number of allylic oxidation sites excluding steroid dienone is 1. The molecular formula is C40H63BrN4O6. The van der Waals surface area contributed by atoms with E-state index in [1.54, 1.807) is 4.68 Å². The molecule has 0 aromatic carbocycles. The van der Waals surface area contributed by atoms with E-state index >= 15 is 0 Å². The molecule has 1 aromatic rings. The molecule has 0 radical (unpaired) electrons. The van der Waals surface area contributed by atoms with Crippen LogP contribution in [0, 0.1) is 62.6 Å². The molecule has 11 heteroatoms. The molecule has 1 aromatic heterocycles. The molecule has 51 heavy (non-hydrogen) atoms. The van der Waals surface area contributed by atoms with E-state index in [0.717, 1.165) is 25.7 Å². The van der Waals surface area contributed by atoms with E-state index in [-0.39, 0.29) is 57.9 Å². The minimum absolute atomic E-state index is 0.138. The number of halogens is 1. The number of fused-ring (bicyclic) bond motifs is 3. The average Bonchev–Trinajstić information content (AvgIpc) is 3.44. The highest BCUT2D eigenvalue weighted by atomic mass is 79.9. The van der Waals surface area contributed by atoms with Crippen molar-refractivity contribution in [1.29, 1.82) is 0 Å². The second-order valence-corrected chi connectivity index (χ2v) is 19.9. The fourth-order valence-corrected chi connectivity index (χ4v) is 12.7. The first-order valence-corrected chi connectivity index (χ1v) is 20.1. The monoisotopic (exact) mass is 774 g/mol. The summed E-state index contributed by atoms with van der Waals surface area (Å²) in [4.78, 5) is 31.2. The molecule has 4 fully saturated rings. The fraction of sp³-hybridized carbons (Fsp3) is 0.850. The minimum Gasteiger partial charge on any atom is -0.481 e. The molecule has 3 N–H and O–H groups in total. The van der Waals surface area contributed by atoms with E-state index in [4.69, 9.17) is 25.0 Å². The van der Waals surface area contributed by atoms with Crippen molar-refractivity contribution in [2.75, 3.05) is 26.9 Å². The highest BCUT2D eigenvalue weighted by Gasteiger charge is 2.72. The van der Waals surface area contributed by atoms with Crippen LogP contribution in [-0.4, -0.2) is 70.4 Å². The quantitative estimate of drug-likeness (QED) is 0.191. The molecule has 0 unspecified atom stereocenters. The van der Waals surface area contributed by atoms with E-state index in [2.05, 4.69) is 89.3 Å². The van der Waals surface area contributed by atoms with Gasteiger partial charge < -0.3 is 25.1 Å². The van der Waals surface area contributed by atoms with Crippen LogP contribution in [-0.2, 0) is 19.0 Å². The van der Waals surface area contributed by atoms with Crippen molar-refractivity contribution in [2.24, 2.45) is 68.3 Å². The third-order valence-electron chi connectivity index (χ3n) is 16.3. The van der Waals surface area contributed by atoms with Crippen molar-refractivity contribution in [3.63, 3.8) is 0 Å². The van der Waals surface area contributed by atoms with Crippen molar-refractivity contribution in [2.45, 2.75) is 125 Å². The predicted octanol–water partition coefficient (Wildman–Crippen LogP) is 7.72. The molecular weight excluding hydrogens is 712 g/mol. The van der Waals surface area contributed by atoms with Gasteiger partial charge >= 0.3 is 11.9 Å². The van der Waals surface area contributed by atoms with Gasteiger partial charge in [-0.15, -0.1) is 5.10 Å². The summed E-state index contributed by atoms with van der Waals surface area (Å²) in [5, 5.41) is 15.9. The molecule has 6 rings (SSSR count). The Balaban J connectivity index is 1.49. The molecule has 2 bridgehead atoms. The van der Waals surface area contributed by atoms with Crippen LogP contribution in [0.2, 0.25) is 0 Å². The normalized spacial score (nSPS) is 42.3. The zero-order valence-electron chi connectivity index (χ0n) is 32.8. The first-order chi connectivity index (χ1) is 23.6. The van der Waals surface area contributed by atoms with E-state index in [0.29, 0.717) is 43.3 Å². The van der Waals surface area contributed by atoms with Crippen LogP contribution in [0.4, 0.5) is 0 Å². The van der Waals surface area contributed by atoms with Crippen LogP contribution in [0.25, 0.3) is 0 Å². The summed E-state index contributed by atoms with van der Waals surface area (Å²) >= 11 is 3.45. The van der Waals surface area contributed by atoms with Gasteiger partial charge in [-0.1, -0.05) is 74.0 Å². The van der Waals surface area contributed by atoms with Crippen molar-refractivity contribution in [1.82, 2.24) is 14.8 Å². The third-order valence-corrected chi connectivity index (χ3v) is 16.6. The number of carboxylic acids is 1. The average molecular weight is 776 g/mol. The molecule has 1 aliphatic heterocycles. The van der Waals surface area contributed by atoms with Crippen LogP contribution in [0.15, 0.2) is 16.4 Å². The smallest absolute Gasteiger partial charge is 0.375 e. The zero-order chi connectivity index (χ0) is 37.7. The second-order valence-electron chi connectivity index (χ2n) is 19.1. The molecule has 5 aliphatic rings. The molecule has 286 valence electrons. The van der Waals surface area contributed by atoms with Crippen LogP contribution in [0.3, 0.4) is 0 Å². The largest absolute Gasteiger partial charge is 0.481 e. The number of nitrogens with zero attached hydrogens (tertiary/aromatic N) is 3. The maximum Gasteiger partial charge on any atom is 0.375 e. The number of ether oxygens (including phenoxy) is 3. The van der Waals surface area contributed by atoms with Crippen LogP contribution < -0.4 is 5.73 Å². The summed E-state index contributed by atoms with van der Waals surface area (Å²) in [6.07, 6.45) is 7.33. The van der Waals surface area contributed by atoms with Gasteiger partial charge in [0.2, 0.25) is 10.6 Å². The molecule has 0 amide bonds. The van der Waals surface area contributed by atoms with Crippen molar-refractivity contribution in [3.8, 4) is 0 Å². The number of methoxy groups -OCH3 is 1. The summed E-state index contributed by atoms with van der Waals surface area (Å²) in [5.74, 6) is -0.191. The highest BCUT2D eigenvalue weighted by Crippen LogP contribution is 2.75. The van der Waals surface area contributed by atoms with Crippen LogP contribution in [0.5, 0.6) is 0 Å². The lowest BCUT2D eigenvalue weighted by molar-refractivity contribution is -0.252. The topological polar surface area (TPSA) is 139 Å². The Hall–Kier alpha value is -1.82. The minimum atomic E-state index is -0.658. The number of aliphatic carboxylic acids is 1. The number of carbonyl (C=O) groups is 2. The molecule has 2 heterocycles. The van der Waals surface area contributed by atoms with Gasteiger partial charge in [-0.25, -0.2) is 9.48 Å². The maximum atomic E-state index is 13.5. The third kappa shape index (κ3) is 5.54. The van der Waals surface area contributed by atoms with E-state index < -0.39 is 34.2 Å². The predicted molar refractivity (Wildman–Crippen MR) is 199 cm³/mol. The molecule has 4 aliphatic carbocycles. The van der Waals surface area contributed by atoms with Crippen LogP contribution >= 0.6 is 15.9 Å². The Morgan fingerprint density at radius 2 is 1.80 bits per heavy atom. The van der Waals surface area contributed by atoms with Crippen molar-refractivity contribution in [3.05, 3.63) is 22.2 Å². The standard InChI is InChI=1S/C40H63BrN4O6/c1-22(2)24(5)35(6)16-17-37(8)25-12-13-28-36(7)19-50-21-40(28,26(25)14-15-38(37,9)29(35)32(46)47)18-27(30(36)51-20-39(10,42)23(3)4)45-31(33(48)49-11)43-34(41)44-45/h14,22-25,27-30H,12-13,15-21,42H2,1-11H3,(H,46,47)/t24-,25+,27-,28+,29-,30+,35-,36-,37-,38+,39+,40+/m1/s1. The number of hydrogen-bond acceptors (Lipinski definition) is 8. The number of carbonyl (C=O) groups excluding carboxylic acids is 1. The lowest BCUT2D eigenvalue weighted by Gasteiger charge is -2.71. The zero-order valence-corrected chi connectivity index (χ0v) is 34.4. The Morgan fingerprint density at radius 3 is 2.41 bits per heavy atom. The second kappa shape index (κ2) is 12.9. The maximum absolute atomic E-state index is 13.5. The lowest BCUT2D eigenvalue weighted by atomic mass is 9.34. The lowest BCUT2D eigenvalue weighted by Crippen LogP contribution is -2.69. The number of carboxylic acid groups (broad SMARTS) is 1. The number of nitrogens with two attached hydrogens (primary N) is 1. The summed E-state index contributed by atoms with van der Waals surface area (Å²) in [5.41, 5.74) is 5.97. The van der Waals surface area contributed by atoms with Gasteiger partial charge in [0.25, 0.3) is 0 Å². The Bertz CT molecular complexity index is 1580. The highest BCUT2D eigenvalue weighted by molar-refractivity contribution is 9.10. The molecule has 1 saturated heterocycles. The van der Waals surface area contributed by atoms with Gasteiger partial charge in [-0.2, -0.15) is 4.98 Å². The fourth-order valence-electron chi connectivity index (χ4n) is 12.3. The van der Waals surface area contributed by atoms with Gasteiger partial charge in [0.05, 0.1) is 45.0 Å². The number of esters is 1. The Labute approximate surface area is 313 Å². The number of hydrogen-bond donors (Lipinski definition) is 2. The Morgan fingerprint density at radius 1 is 1.12 bits per heavy atom. The summed E-state index contributed by atoms with van der Waals surface area (Å²) in [7, 11) is 1.36. The van der Waals surface area contributed by atoms with E-state index in [1.807, 2.05) is 6.92 Å². The van der Waals surface area contributed by atoms with Gasteiger partial charge in [0.1, 0.15) is 0 Å². The number of aromatic nitrogens is 3.